The Balaban J connectivity index is 2.31. The van der Waals surface area contributed by atoms with E-state index in [4.69, 9.17) is 5.73 Å². The van der Waals surface area contributed by atoms with Crippen LogP contribution in [0.5, 0.6) is 0 Å². The Hall–Kier alpha value is -0.870. The van der Waals surface area contributed by atoms with Crippen molar-refractivity contribution in [2.24, 2.45) is 11.1 Å². The van der Waals surface area contributed by atoms with Crippen molar-refractivity contribution in [2.45, 2.75) is 39.8 Å². The van der Waals surface area contributed by atoms with Gasteiger partial charge in [0.05, 0.1) is 6.54 Å². The Bertz CT molecular complexity index is 327. The number of rotatable bonds is 4. The number of carbonyl (C=O) groups excluding carboxylic acids is 1. The summed E-state index contributed by atoms with van der Waals surface area (Å²) in [7, 11) is 0. The molecule has 16 heavy (non-hydrogen) atoms. The minimum Gasteiger partial charge on any atom is -0.351 e. The number of hydrogen-bond acceptors (Lipinski definition) is 3. The van der Waals surface area contributed by atoms with E-state index in [1.807, 2.05) is 38.3 Å². The van der Waals surface area contributed by atoms with Gasteiger partial charge in [-0.25, -0.2) is 0 Å². The molecular formula is C12H20N2OS. The number of carbonyl (C=O) groups is 1. The van der Waals surface area contributed by atoms with Crippen LogP contribution in [-0.4, -0.2) is 11.9 Å². The number of thiophene rings is 1. The summed E-state index contributed by atoms with van der Waals surface area (Å²) in [4.78, 5) is 12.8. The van der Waals surface area contributed by atoms with Crippen LogP contribution in [0.4, 0.5) is 0 Å². The minimum absolute atomic E-state index is 0.0239. The fourth-order valence-electron chi connectivity index (χ4n) is 1.18. The SMILES string of the molecule is CC(C)(C)C(N)CC(=O)NCc1cccs1. The Kier molecular flexibility index (Phi) is 4.50. The lowest BCUT2D eigenvalue weighted by molar-refractivity contribution is -0.122. The third-order valence-corrected chi connectivity index (χ3v) is 3.43. The van der Waals surface area contributed by atoms with Crippen molar-refractivity contribution < 1.29 is 4.79 Å². The summed E-state index contributed by atoms with van der Waals surface area (Å²) >= 11 is 1.64. The molecule has 0 spiro atoms. The van der Waals surface area contributed by atoms with Crippen LogP contribution in [0.1, 0.15) is 32.1 Å². The van der Waals surface area contributed by atoms with Crippen molar-refractivity contribution in [3.05, 3.63) is 22.4 Å². The zero-order valence-corrected chi connectivity index (χ0v) is 10.9. The van der Waals surface area contributed by atoms with E-state index in [9.17, 15) is 4.79 Å². The number of nitrogens with two attached hydrogens (primary N) is 1. The molecule has 1 amide bonds. The van der Waals surface area contributed by atoms with Crippen LogP contribution in [0.3, 0.4) is 0 Å². The molecule has 1 aromatic rings. The third-order valence-electron chi connectivity index (χ3n) is 2.56. The van der Waals surface area contributed by atoms with Crippen LogP contribution in [0.2, 0.25) is 0 Å². The van der Waals surface area contributed by atoms with Gasteiger partial charge in [0.1, 0.15) is 0 Å². The third kappa shape index (κ3) is 4.33. The van der Waals surface area contributed by atoms with E-state index in [0.29, 0.717) is 13.0 Å². The van der Waals surface area contributed by atoms with E-state index in [0.717, 1.165) is 4.88 Å². The molecule has 1 heterocycles. The van der Waals surface area contributed by atoms with E-state index >= 15 is 0 Å². The first-order chi connectivity index (χ1) is 7.39. The number of nitrogens with one attached hydrogen (secondary N) is 1. The Morgan fingerprint density at radius 3 is 2.75 bits per heavy atom. The average Bonchev–Trinajstić information content (AvgIpc) is 2.65. The number of hydrogen-bond donors (Lipinski definition) is 2. The highest BCUT2D eigenvalue weighted by Gasteiger charge is 2.22. The summed E-state index contributed by atoms with van der Waals surface area (Å²) in [5, 5.41) is 4.88. The summed E-state index contributed by atoms with van der Waals surface area (Å²) in [6.45, 7) is 6.74. The van der Waals surface area contributed by atoms with Crippen molar-refractivity contribution in [3.63, 3.8) is 0 Å². The second kappa shape index (κ2) is 5.46. The minimum atomic E-state index is -0.101. The lowest BCUT2D eigenvalue weighted by atomic mass is 9.85. The van der Waals surface area contributed by atoms with Crippen LogP contribution in [-0.2, 0) is 11.3 Å². The second-order valence-corrected chi connectivity index (χ2v) is 6.06. The standard InChI is InChI=1S/C12H20N2OS/c1-12(2,3)10(13)7-11(15)14-8-9-5-4-6-16-9/h4-6,10H,7-8,13H2,1-3H3,(H,14,15). The van der Waals surface area contributed by atoms with E-state index in [2.05, 4.69) is 5.32 Å². The highest BCUT2D eigenvalue weighted by Crippen LogP contribution is 2.19. The smallest absolute Gasteiger partial charge is 0.221 e. The molecule has 0 aliphatic rings. The van der Waals surface area contributed by atoms with Crippen LogP contribution >= 0.6 is 11.3 Å². The summed E-state index contributed by atoms with van der Waals surface area (Å²) < 4.78 is 0. The highest BCUT2D eigenvalue weighted by molar-refractivity contribution is 7.09. The zero-order valence-electron chi connectivity index (χ0n) is 10.1. The topological polar surface area (TPSA) is 55.1 Å². The fourth-order valence-corrected chi connectivity index (χ4v) is 1.82. The maximum absolute atomic E-state index is 11.6. The molecule has 0 fully saturated rings. The normalized spacial score (nSPS) is 13.5. The molecule has 1 atom stereocenters. The van der Waals surface area contributed by atoms with Gasteiger partial charge in [-0.3, -0.25) is 4.79 Å². The van der Waals surface area contributed by atoms with Gasteiger partial charge in [0, 0.05) is 17.3 Å². The van der Waals surface area contributed by atoms with Crippen molar-refractivity contribution in [1.29, 1.82) is 0 Å². The Morgan fingerprint density at radius 2 is 2.25 bits per heavy atom. The summed E-state index contributed by atoms with van der Waals surface area (Å²) in [5.74, 6) is 0.0239. The second-order valence-electron chi connectivity index (χ2n) is 5.03. The van der Waals surface area contributed by atoms with Crippen LogP contribution < -0.4 is 11.1 Å². The molecule has 4 heteroatoms. The molecule has 0 aromatic carbocycles. The van der Waals surface area contributed by atoms with Gasteiger partial charge in [0.25, 0.3) is 0 Å². The molecule has 1 unspecified atom stereocenters. The Labute approximate surface area is 101 Å². The lowest BCUT2D eigenvalue weighted by Gasteiger charge is -2.26. The molecule has 3 nitrogen and oxygen atoms in total. The molecule has 0 aliphatic heterocycles. The molecule has 1 rings (SSSR count). The van der Waals surface area contributed by atoms with Gasteiger partial charge in [-0.05, 0) is 16.9 Å². The largest absolute Gasteiger partial charge is 0.351 e. The Morgan fingerprint density at radius 1 is 1.56 bits per heavy atom. The zero-order chi connectivity index (χ0) is 12.2. The van der Waals surface area contributed by atoms with Gasteiger partial charge < -0.3 is 11.1 Å². The molecule has 0 saturated heterocycles. The molecule has 1 aromatic heterocycles. The van der Waals surface area contributed by atoms with Crippen molar-refractivity contribution in [3.8, 4) is 0 Å². The first kappa shape index (κ1) is 13.2. The van der Waals surface area contributed by atoms with E-state index in [1.165, 1.54) is 0 Å². The van der Waals surface area contributed by atoms with Crippen LogP contribution in [0.25, 0.3) is 0 Å². The van der Waals surface area contributed by atoms with Gasteiger partial charge in [-0.15, -0.1) is 11.3 Å². The molecule has 90 valence electrons. The highest BCUT2D eigenvalue weighted by atomic mass is 32.1. The fraction of sp³-hybridized carbons (Fsp3) is 0.583. The lowest BCUT2D eigenvalue weighted by Crippen LogP contribution is -2.39. The van der Waals surface area contributed by atoms with Crippen molar-refractivity contribution in [2.75, 3.05) is 0 Å². The average molecular weight is 240 g/mol. The van der Waals surface area contributed by atoms with Gasteiger partial charge in [-0.2, -0.15) is 0 Å². The summed E-state index contributed by atoms with van der Waals surface area (Å²) in [5.41, 5.74) is 5.91. The molecule has 3 N–H and O–H groups in total. The quantitative estimate of drug-likeness (QED) is 0.847. The first-order valence-corrected chi connectivity index (χ1v) is 6.32. The predicted molar refractivity (Wildman–Crippen MR) is 68.2 cm³/mol. The van der Waals surface area contributed by atoms with Gasteiger partial charge in [0.2, 0.25) is 5.91 Å². The van der Waals surface area contributed by atoms with E-state index in [1.54, 1.807) is 11.3 Å². The predicted octanol–water partition coefficient (Wildman–Crippen LogP) is 2.13. The van der Waals surface area contributed by atoms with Crippen LogP contribution in [0, 0.1) is 5.41 Å². The first-order valence-electron chi connectivity index (χ1n) is 5.44. The molecule has 0 aliphatic carbocycles. The monoisotopic (exact) mass is 240 g/mol. The molecule has 0 radical (unpaired) electrons. The van der Waals surface area contributed by atoms with E-state index in [-0.39, 0.29) is 17.4 Å². The number of amides is 1. The maximum atomic E-state index is 11.6. The maximum Gasteiger partial charge on any atom is 0.221 e. The van der Waals surface area contributed by atoms with Crippen molar-refractivity contribution in [1.82, 2.24) is 5.32 Å². The molecule has 0 bridgehead atoms. The van der Waals surface area contributed by atoms with Gasteiger partial charge >= 0.3 is 0 Å². The molecule has 0 saturated carbocycles. The van der Waals surface area contributed by atoms with E-state index < -0.39 is 0 Å². The van der Waals surface area contributed by atoms with Gasteiger partial charge in [-0.1, -0.05) is 26.8 Å². The van der Waals surface area contributed by atoms with Crippen molar-refractivity contribution >= 4 is 17.2 Å². The van der Waals surface area contributed by atoms with Gasteiger partial charge in [0.15, 0.2) is 0 Å². The van der Waals surface area contributed by atoms with Crippen LogP contribution in [0.15, 0.2) is 17.5 Å². The molecular weight excluding hydrogens is 220 g/mol. The summed E-state index contributed by atoms with van der Waals surface area (Å²) in [6.07, 6.45) is 0.384. The summed E-state index contributed by atoms with van der Waals surface area (Å²) in [6, 6.07) is 3.89.